The summed E-state index contributed by atoms with van der Waals surface area (Å²) in [6.45, 7) is 4.43. The highest BCUT2D eigenvalue weighted by Crippen LogP contribution is 2.10. The maximum atomic E-state index is 11.4. The van der Waals surface area contributed by atoms with Crippen LogP contribution in [0.5, 0.6) is 0 Å². The third-order valence-corrected chi connectivity index (χ3v) is 2.51. The van der Waals surface area contributed by atoms with Crippen molar-refractivity contribution >= 4 is 17.1 Å². The lowest BCUT2D eigenvalue weighted by atomic mass is 10.3. The van der Waals surface area contributed by atoms with Crippen LogP contribution in [0.4, 0.5) is 4.79 Å². The van der Waals surface area contributed by atoms with Gasteiger partial charge in [-0.15, -0.1) is 0 Å². The number of urea groups is 1. The summed E-state index contributed by atoms with van der Waals surface area (Å²) in [4.78, 5) is 19.0. The molecule has 0 fully saturated rings. The molecular formula is C13H18N4O. The largest absolute Gasteiger partial charge is 0.342 e. The Morgan fingerprint density at radius 1 is 1.39 bits per heavy atom. The van der Waals surface area contributed by atoms with Gasteiger partial charge in [0.05, 0.1) is 11.0 Å². The molecule has 0 radical (unpaired) electrons. The van der Waals surface area contributed by atoms with Gasteiger partial charge in [0.25, 0.3) is 0 Å². The van der Waals surface area contributed by atoms with Crippen LogP contribution in [0.3, 0.4) is 0 Å². The highest BCUT2D eigenvalue weighted by Gasteiger charge is 2.04. The van der Waals surface area contributed by atoms with E-state index in [0.29, 0.717) is 13.0 Å². The Morgan fingerprint density at radius 3 is 2.89 bits per heavy atom. The Balaban J connectivity index is 1.85. The van der Waals surface area contributed by atoms with Crippen LogP contribution in [0.2, 0.25) is 0 Å². The normalized spacial score (nSPS) is 10.8. The van der Waals surface area contributed by atoms with Crippen molar-refractivity contribution in [3.05, 3.63) is 30.1 Å². The quantitative estimate of drug-likeness (QED) is 0.770. The van der Waals surface area contributed by atoms with Gasteiger partial charge in [0.2, 0.25) is 0 Å². The highest BCUT2D eigenvalue weighted by molar-refractivity contribution is 5.75. The number of nitrogens with one attached hydrogen (secondary N) is 3. The van der Waals surface area contributed by atoms with E-state index in [1.54, 1.807) is 0 Å². The third-order valence-electron chi connectivity index (χ3n) is 2.51. The van der Waals surface area contributed by atoms with Gasteiger partial charge >= 0.3 is 6.03 Å². The first-order valence-electron chi connectivity index (χ1n) is 6.13. The first-order valence-corrected chi connectivity index (χ1v) is 6.13. The lowest BCUT2D eigenvalue weighted by Gasteiger charge is -2.09. The van der Waals surface area contributed by atoms with E-state index in [2.05, 4.69) is 20.6 Å². The van der Waals surface area contributed by atoms with E-state index in [9.17, 15) is 4.79 Å². The van der Waals surface area contributed by atoms with Crippen LogP contribution in [-0.4, -0.2) is 28.6 Å². The van der Waals surface area contributed by atoms with E-state index in [-0.39, 0.29) is 12.1 Å². The summed E-state index contributed by atoms with van der Waals surface area (Å²) in [6, 6.07) is 7.90. The average molecular weight is 246 g/mol. The fourth-order valence-corrected chi connectivity index (χ4v) is 1.73. The third kappa shape index (κ3) is 3.23. The molecule has 0 saturated heterocycles. The van der Waals surface area contributed by atoms with Crippen molar-refractivity contribution in [3.63, 3.8) is 0 Å². The minimum atomic E-state index is -0.138. The van der Waals surface area contributed by atoms with Crippen molar-refractivity contribution < 1.29 is 4.79 Å². The molecule has 1 aromatic carbocycles. The molecule has 0 unspecified atom stereocenters. The minimum Gasteiger partial charge on any atom is -0.342 e. The number of hydrogen-bond acceptors (Lipinski definition) is 2. The summed E-state index contributed by atoms with van der Waals surface area (Å²) in [6.07, 6.45) is 0.695. The first-order chi connectivity index (χ1) is 8.65. The van der Waals surface area contributed by atoms with Gasteiger partial charge in [0.1, 0.15) is 5.82 Å². The molecule has 3 N–H and O–H groups in total. The molecule has 5 nitrogen and oxygen atoms in total. The van der Waals surface area contributed by atoms with Gasteiger partial charge < -0.3 is 15.6 Å². The number of aromatic nitrogens is 2. The summed E-state index contributed by atoms with van der Waals surface area (Å²) in [5, 5.41) is 5.57. The second kappa shape index (κ2) is 5.53. The molecule has 2 aromatic rings. The molecule has 0 aliphatic rings. The first kappa shape index (κ1) is 12.4. The molecule has 0 aliphatic heterocycles. The van der Waals surface area contributed by atoms with Crippen LogP contribution in [-0.2, 0) is 6.42 Å². The molecule has 0 spiro atoms. The Kier molecular flexibility index (Phi) is 3.82. The molecule has 2 rings (SSSR count). The van der Waals surface area contributed by atoms with E-state index >= 15 is 0 Å². The maximum absolute atomic E-state index is 11.4. The number of nitrogens with zero attached hydrogens (tertiary/aromatic N) is 1. The molecule has 96 valence electrons. The number of amides is 2. The smallest absolute Gasteiger partial charge is 0.314 e. The van der Waals surface area contributed by atoms with Crippen molar-refractivity contribution in [2.45, 2.75) is 26.3 Å². The number of hydrogen-bond donors (Lipinski definition) is 3. The molecule has 0 atom stereocenters. The SMILES string of the molecule is CC(C)NC(=O)NCCc1nc2ccccc2[nH]1. The predicted octanol–water partition coefficient (Wildman–Crippen LogP) is 1.81. The van der Waals surface area contributed by atoms with Gasteiger partial charge in [-0.05, 0) is 26.0 Å². The van der Waals surface area contributed by atoms with Crippen LogP contribution in [0.15, 0.2) is 24.3 Å². The van der Waals surface area contributed by atoms with Crippen LogP contribution < -0.4 is 10.6 Å². The van der Waals surface area contributed by atoms with Crippen molar-refractivity contribution in [1.82, 2.24) is 20.6 Å². The van der Waals surface area contributed by atoms with Gasteiger partial charge in [0, 0.05) is 19.0 Å². The average Bonchev–Trinajstić information content (AvgIpc) is 2.70. The van der Waals surface area contributed by atoms with Crippen molar-refractivity contribution in [2.24, 2.45) is 0 Å². The summed E-state index contributed by atoms with van der Waals surface area (Å²) < 4.78 is 0. The number of H-pyrrole nitrogens is 1. The van der Waals surface area contributed by atoms with E-state index in [1.807, 2.05) is 38.1 Å². The van der Waals surface area contributed by atoms with Crippen LogP contribution in [0, 0.1) is 0 Å². The maximum Gasteiger partial charge on any atom is 0.314 e. The molecule has 1 aromatic heterocycles. The van der Waals surface area contributed by atoms with E-state index in [4.69, 9.17) is 0 Å². The monoisotopic (exact) mass is 246 g/mol. The van der Waals surface area contributed by atoms with Gasteiger partial charge in [-0.3, -0.25) is 0 Å². The highest BCUT2D eigenvalue weighted by atomic mass is 16.2. The van der Waals surface area contributed by atoms with Gasteiger partial charge in [0.15, 0.2) is 0 Å². The van der Waals surface area contributed by atoms with Crippen molar-refractivity contribution in [3.8, 4) is 0 Å². The molecule has 1 heterocycles. The van der Waals surface area contributed by atoms with Gasteiger partial charge in [-0.25, -0.2) is 9.78 Å². The number of carbonyl (C=O) groups is 1. The van der Waals surface area contributed by atoms with Crippen LogP contribution >= 0.6 is 0 Å². The number of imidazole rings is 1. The zero-order chi connectivity index (χ0) is 13.0. The zero-order valence-corrected chi connectivity index (χ0v) is 10.7. The lowest BCUT2D eigenvalue weighted by molar-refractivity contribution is 0.238. The summed E-state index contributed by atoms with van der Waals surface area (Å²) in [5.41, 5.74) is 1.98. The van der Waals surface area contributed by atoms with Gasteiger partial charge in [-0.1, -0.05) is 12.1 Å². The predicted molar refractivity (Wildman–Crippen MR) is 71.5 cm³/mol. The summed E-state index contributed by atoms with van der Waals surface area (Å²) in [5.74, 6) is 0.890. The summed E-state index contributed by atoms with van der Waals surface area (Å²) >= 11 is 0. The van der Waals surface area contributed by atoms with Gasteiger partial charge in [-0.2, -0.15) is 0 Å². The molecule has 0 bridgehead atoms. The topological polar surface area (TPSA) is 69.8 Å². The van der Waals surface area contributed by atoms with E-state index in [0.717, 1.165) is 16.9 Å². The molecule has 0 aliphatic carbocycles. The van der Waals surface area contributed by atoms with Crippen molar-refractivity contribution in [1.29, 1.82) is 0 Å². The van der Waals surface area contributed by atoms with Crippen LogP contribution in [0.1, 0.15) is 19.7 Å². The second-order valence-corrected chi connectivity index (χ2v) is 4.51. The molecule has 5 heteroatoms. The second-order valence-electron chi connectivity index (χ2n) is 4.51. The summed E-state index contributed by atoms with van der Waals surface area (Å²) in [7, 11) is 0. The molecule has 0 saturated carbocycles. The minimum absolute atomic E-state index is 0.138. The Morgan fingerprint density at radius 2 is 2.17 bits per heavy atom. The number of aromatic amines is 1. The number of fused-ring (bicyclic) bond motifs is 1. The Labute approximate surface area is 106 Å². The van der Waals surface area contributed by atoms with Crippen molar-refractivity contribution in [2.75, 3.05) is 6.54 Å². The number of benzene rings is 1. The zero-order valence-electron chi connectivity index (χ0n) is 10.7. The molecule has 2 amide bonds. The number of para-hydroxylation sites is 2. The molecule has 18 heavy (non-hydrogen) atoms. The molecular weight excluding hydrogens is 228 g/mol. The number of rotatable bonds is 4. The Hall–Kier alpha value is -2.04. The fourth-order valence-electron chi connectivity index (χ4n) is 1.73. The standard InChI is InChI=1S/C13H18N4O/c1-9(2)15-13(18)14-8-7-12-16-10-5-3-4-6-11(10)17-12/h3-6,9H,7-8H2,1-2H3,(H,16,17)(H2,14,15,18). The van der Waals surface area contributed by atoms with Crippen LogP contribution in [0.25, 0.3) is 11.0 Å². The number of carbonyl (C=O) groups excluding carboxylic acids is 1. The fraction of sp³-hybridized carbons (Fsp3) is 0.385. The van der Waals surface area contributed by atoms with E-state index < -0.39 is 0 Å². The Bertz CT molecular complexity index is 500. The lowest BCUT2D eigenvalue weighted by Crippen LogP contribution is -2.40. The van der Waals surface area contributed by atoms with E-state index in [1.165, 1.54) is 0 Å².